The van der Waals surface area contributed by atoms with Gasteiger partial charge in [-0.3, -0.25) is 14.4 Å². The van der Waals surface area contributed by atoms with Gasteiger partial charge in [-0.2, -0.15) is 0 Å². The number of fused-ring (bicyclic) bond motifs is 2. The Morgan fingerprint density at radius 3 is 2.57 bits per heavy atom. The first-order valence-electron chi connectivity index (χ1n) is 9.67. The lowest BCUT2D eigenvalue weighted by atomic mass is 9.72. The van der Waals surface area contributed by atoms with Gasteiger partial charge in [0.15, 0.2) is 0 Å². The van der Waals surface area contributed by atoms with Gasteiger partial charge in [-0.1, -0.05) is 30.3 Å². The summed E-state index contributed by atoms with van der Waals surface area (Å²) in [6, 6.07) is 15.6. The van der Waals surface area contributed by atoms with Crippen LogP contribution in [0.15, 0.2) is 71.7 Å². The fourth-order valence-electron chi connectivity index (χ4n) is 4.76. The van der Waals surface area contributed by atoms with Crippen molar-refractivity contribution in [2.75, 3.05) is 11.9 Å². The number of aromatic amines is 1. The van der Waals surface area contributed by atoms with E-state index in [-0.39, 0.29) is 18.0 Å². The lowest BCUT2D eigenvalue weighted by Gasteiger charge is -2.34. The number of halogens is 1. The predicted octanol–water partition coefficient (Wildman–Crippen LogP) is 2.99. The van der Waals surface area contributed by atoms with E-state index in [2.05, 4.69) is 10.3 Å². The van der Waals surface area contributed by atoms with Crippen molar-refractivity contribution in [3.05, 3.63) is 99.7 Å². The van der Waals surface area contributed by atoms with Crippen LogP contribution in [0.5, 0.6) is 0 Å². The van der Waals surface area contributed by atoms with Crippen LogP contribution in [0.25, 0.3) is 0 Å². The van der Waals surface area contributed by atoms with E-state index in [4.69, 9.17) is 0 Å². The molecule has 2 N–H and O–H groups in total. The lowest BCUT2D eigenvalue weighted by Crippen LogP contribution is -2.43. The monoisotopic (exact) mass is 403 g/mol. The summed E-state index contributed by atoms with van der Waals surface area (Å²) in [6.45, 7) is 0.289. The number of amides is 2. The molecule has 0 bridgehead atoms. The topological polar surface area (TPSA) is 82.3 Å². The molecule has 1 fully saturated rings. The molecular formula is C23H18FN3O3. The molecule has 1 aromatic heterocycles. The maximum absolute atomic E-state index is 13.6. The first-order valence-corrected chi connectivity index (χ1v) is 9.67. The molecule has 2 aliphatic heterocycles. The zero-order chi connectivity index (χ0) is 20.9. The number of benzene rings is 2. The van der Waals surface area contributed by atoms with Crippen molar-refractivity contribution < 1.29 is 14.0 Å². The van der Waals surface area contributed by atoms with Crippen molar-refractivity contribution in [1.29, 1.82) is 0 Å². The third kappa shape index (κ3) is 2.51. The maximum Gasteiger partial charge on any atom is 0.260 e. The van der Waals surface area contributed by atoms with Crippen molar-refractivity contribution in [2.24, 2.45) is 0 Å². The minimum atomic E-state index is -1.01. The minimum Gasteiger partial charge on any atom is -0.330 e. The number of para-hydroxylation sites is 1. The summed E-state index contributed by atoms with van der Waals surface area (Å²) in [5.41, 5.74) is 0.668. The van der Waals surface area contributed by atoms with Crippen LogP contribution in [0, 0.1) is 5.82 Å². The van der Waals surface area contributed by atoms with Gasteiger partial charge in [0.2, 0.25) is 5.91 Å². The number of pyridine rings is 1. The lowest BCUT2D eigenvalue weighted by molar-refractivity contribution is -0.121. The Kier molecular flexibility index (Phi) is 4.06. The normalized spacial score (nSPS) is 22.2. The maximum atomic E-state index is 13.6. The van der Waals surface area contributed by atoms with Crippen LogP contribution in [-0.4, -0.2) is 28.2 Å². The number of H-pyrrole nitrogens is 1. The quantitative estimate of drug-likeness (QED) is 0.690. The summed E-state index contributed by atoms with van der Waals surface area (Å²) in [5, 5.41) is 2.93. The van der Waals surface area contributed by atoms with Crippen LogP contribution in [0.1, 0.15) is 33.9 Å². The third-order valence-electron chi connectivity index (χ3n) is 6.08. The highest BCUT2D eigenvalue weighted by atomic mass is 19.1. The molecule has 1 spiro atoms. The molecule has 6 nitrogen and oxygen atoms in total. The Morgan fingerprint density at radius 1 is 1.03 bits per heavy atom. The van der Waals surface area contributed by atoms with E-state index in [1.54, 1.807) is 23.1 Å². The number of aromatic nitrogens is 1. The SMILES string of the molecule is O=C(c1ccc[nH]c1=O)N1CC[C@]2(C(=O)Nc3ccccc32)[C@@H]1c1ccc(F)cc1. The van der Waals surface area contributed by atoms with E-state index in [1.807, 2.05) is 24.3 Å². The van der Waals surface area contributed by atoms with Crippen LogP contribution in [-0.2, 0) is 10.2 Å². The Labute approximate surface area is 171 Å². The molecule has 2 amide bonds. The summed E-state index contributed by atoms with van der Waals surface area (Å²) in [7, 11) is 0. The van der Waals surface area contributed by atoms with Crippen LogP contribution in [0.2, 0.25) is 0 Å². The van der Waals surface area contributed by atoms with E-state index in [0.29, 0.717) is 17.7 Å². The molecule has 3 heterocycles. The van der Waals surface area contributed by atoms with Crippen LogP contribution >= 0.6 is 0 Å². The molecule has 0 radical (unpaired) electrons. The number of nitrogens with one attached hydrogen (secondary N) is 2. The van der Waals surface area contributed by atoms with Gasteiger partial charge in [0.1, 0.15) is 16.8 Å². The molecule has 7 heteroatoms. The molecule has 30 heavy (non-hydrogen) atoms. The van der Waals surface area contributed by atoms with Gasteiger partial charge < -0.3 is 15.2 Å². The molecule has 2 aliphatic rings. The second-order valence-corrected chi connectivity index (χ2v) is 7.59. The number of anilines is 1. The number of rotatable bonds is 2. The molecule has 150 valence electrons. The highest BCUT2D eigenvalue weighted by molar-refractivity contribution is 6.08. The number of nitrogens with zero attached hydrogens (tertiary/aromatic N) is 1. The third-order valence-corrected chi connectivity index (χ3v) is 6.08. The number of hydrogen-bond donors (Lipinski definition) is 2. The van der Waals surface area contributed by atoms with E-state index in [9.17, 15) is 18.8 Å². The fraction of sp³-hybridized carbons (Fsp3) is 0.174. The van der Waals surface area contributed by atoms with E-state index in [0.717, 1.165) is 5.56 Å². The van der Waals surface area contributed by atoms with E-state index in [1.165, 1.54) is 24.4 Å². The summed E-state index contributed by atoms with van der Waals surface area (Å²) in [4.78, 5) is 43.0. The second kappa shape index (κ2) is 6.66. The number of likely N-dealkylation sites (tertiary alicyclic amines) is 1. The Hall–Kier alpha value is -3.74. The average molecular weight is 403 g/mol. The molecule has 2 aromatic carbocycles. The summed E-state index contributed by atoms with van der Waals surface area (Å²) in [6.07, 6.45) is 1.86. The first-order chi connectivity index (χ1) is 14.5. The smallest absolute Gasteiger partial charge is 0.260 e. The highest BCUT2D eigenvalue weighted by Crippen LogP contribution is 2.54. The molecule has 3 aromatic rings. The number of carbonyl (C=O) groups is 2. The van der Waals surface area contributed by atoms with Gasteiger partial charge in [-0.05, 0) is 47.9 Å². The minimum absolute atomic E-state index is 0.00773. The number of carbonyl (C=O) groups excluding carboxylic acids is 2. The van der Waals surface area contributed by atoms with Gasteiger partial charge in [0.05, 0.1) is 6.04 Å². The van der Waals surface area contributed by atoms with Crippen molar-refractivity contribution in [2.45, 2.75) is 17.9 Å². The Balaban J connectivity index is 1.69. The van der Waals surface area contributed by atoms with Gasteiger partial charge in [0.25, 0.3) is 11.5 Å². The molecule has 1 saturated heterocycles. The molecule has 2 atom stereocenters. The molecular weight excluding hydrogens is 385 g/mol. The molecule has 0 aliphatic carbocycles. The Bertz CT molecular complexity index is 1220. The standard InChI is InChI=1S/C23H18FN3O3/c24-15-9-7-14(8-10-15)19-23(17-5-1-2-6-18(17)26-22(23)30)11-13-27(19)21(29)16-4-3-12-25-20(16)28/h1-10,12,19H,11,13H2,(H,25,28)(H,26,30)/t19-,23+/m0/s1. The van der Waals surface area contributed by atoms with Gasteiger partial charge in [-0.25, -0.2) is 4.39 Å². The van der Waals surface area contributed by atoms with Crippen molar-refractivity contribution in [3.8, 4) is 0 Å². The first kappa shape index (κ1) is 18.3. The summed E-state index contributed by atoms with van der Waals surface area (Å²) < 4.78 is 13.6. The van der Waals surface area contributed by atoms with Crippen molar-refractivity contribution >= 4 is 17.5 Å². The van der Waals surface area contributed by atoms with Crippen LogP contribution in [0.3, 0.4) is 0 Å². The second-order valence-electron chi connectivity index (χ2n) is 7.59. The molecule has 0 saturated carbocycles. The highest BCUT2D eigenvalue weighted by Gasteiger charge is 2.59. The number of hydrogen-bond acceptors (Lipinski definition) is 3. The summed E-state index contributed by atoms with van der Waals surface area (Å²) in [5.74, 6) is -1.06. The van der Waals surface area contributed by atoms with Crippen molar-refractivity contribution in [1.82, 2.24) is 9.88 Å². The zero-order valence-electron chi connectivity index (χ0n) is 15.9. The Morgan fingerprint density at radius 2 is 1.80 bits per heavy atom. The largest absolute Gasteiger partial charge is 0.330 e. The van der Waals surface area contributed by atoms with E-state index >= 15 is 0 Å². The van der Waals surface area contributed by atoms with E-state index < -0.39 is 28.7 Å². The van der Waals surface area contributed by atoms with Crippen molar-refractivity contribution in [3.63, 3.8) is 0 Å². The van der Waals surface area contributed by atoms with Crippen LogP contribution < -0.4 is 10.9 Å². The average Bonchev–Trinajstić information content (AvgIpc) is 3.28. The fourth-order valence-corrected chi connectivity index (χ4v) is 4.76. The van der Waals surface area contributed by atoms with Gasteiger partial charge >= 0.3 is 0 Å². The van der Waals surface area contributed by atoms with Gasteiger partial charge in [-0.15, -0.1) is 0 Å². The predicted molar refractivity (Wildman–Crippen MR) is 109 cm³/mol. The summed E-state index contributed by atoms with van der Waals surface area (Å²) >= 11 is 0. The molecule has 5 rings (SSSR count). The van der Waals surface area contributed by atoms with Gasteiger partial charge in [0, 0.05) is 18.4 Å². The molecule has 0 unspecified atom stereocenters. The zero-order valence-corrected chi connectivity index (χ0v) is 15.9. The van der Waals surface area contributed by atoms with Crippen LogP contribution in [0.4, 0.5) is 10.1 Å².